The molecule has 0 spiro atoms. The summed E-state index contributed by atoms with van der Waals surface area (Å²) in [4.78, 5) is 4.54. The number of halogens is 1. The summed E-state index contributed by atoms with van der Waals surface area (Å²) in [6, 6.07) is 3.69. The summed E-state index contributed by atoms with van der Waals surface area (Å²) in [7, 11) is 0. The quantitative estimate of drug-likeness (QED) is 0.720. The maximum Gasteiger partial charge on any atom is 0.157 e. The SMILES string of the molecule is Clc1cc(C2=CC=CC=CC2)nc2ccnn12. The van der Waals surface area contributed by atoms with Crippen LogP contribution in [0.2, 0.25) is 5.15 Å². The molecule has 0 aliphatic heterocycles. The molecule has 0 N–H and O–H groups in total. The lowest BCUT2D eigenvalue weighted by Crippen LogP contribution is -1.96. The van der Waals surface area contributed by atoms with Gasteiger partial charge in [-0.3, -0.25) is 0 Å². The van der Waals surface area contributed by atoms with Gasteiger partial charge in [0.1, 0.15) is 5.15 Å². The highest BCUT2D eigenvalue weighted by Crippen LogP contribution is 2.22. The Morgan fingerprint density at radius 3 is 3.12 bits per heavy atom. The molecular weight excluding hydrogens is 234 g/mol. The van der Waals surface area contributed by atoms with Gasteiger partial charge in [0.2, 0.25) is 0 Å². The molecule has 1 aliphatic rings. The van der Waals surface area contributed by atoms with E-state index in [9.17, 15) is 0 Å². The topological polar surface area (TPSA) is 30.2 Å². The number of rotatable bonds is 1. The number of allylic oxidation sites excluding steroid dienone is 6. The van der Waals surface area contributed by atoms with Crippen LogP contribution in [0, 0.1) is 0 Å². The number of hydrogen-bond acceptors (Lipinski definition) is 2. The Kier molecular flexibility index (Phi) is 2.53. The maximum absolute atomic E-state index is 6.16. The lowest BCUT2D eigenvalue weighted by molar-refractivity contribution is 0.935. The molecule has 0 saturated heterocycles. The Hall–Kier alpha value is -1.87. The minimum absolute atomic E-state index is 0.577. The van der Waals surface area contributed by atoms with Crippen LogP contribution in [0.4, 0.5) is 0 Å². The monoisotopic (exact) mass is 243 g/mol. The zero-order valence-electron chi connectivity index (χ0n) is 9.05. The first-order valence-corrected chi connectivity index (χ1v) is 5.75. The molecule has 17 heavy (non-hydrogen) atoms. The van der Waals surface area contributed by atoms with Crippen LogP contribution in [0.5, 0.6) is 0 Å². The Bertz CT molecular complexity index is 650. The van der Waals surface area contributed by atoms with Gasteiger partial charge >= 0.3 is 0 Å². The van der Waals surface area contributed by atoms with Gasteiger partial charge in [0.25, 0.3) is 0 Å². The van der Waals surface area contributed by atoms with Crippen LogP contribution in [-0.2, 0) is 0 Å². The van der Waals surface area contributed by atoms with E-state index in [0.717, 1.165) is 23.3 Å². The van der Waals surface area contributed by atoms with Crippen molar-refractivity contribution in [3.63, 3.8) is 0 Å². The van der Waals surface area contributed by atoms with Crippen molar-refractivity contribution in [1.82, 2.24) is 14.6 Å². The lowest BCUT2D eigenvalue weighted by Gasteiger charge is -2.05. The van der Waals surface area contributed by atoms with Gasteiger partial charge in [-0.05, 0) is 12.0 Å². The smallest absolute Gasteiger partial charge is 0.157 e. The molecule has 1 aliphatic carbocycles. The molecule has 0 fully saturated rings. The summed E-state index contributed by atoms with van der Waals surface area (Å²) < 4.78 is 1.62. The highest BCUT2D eigenvalue weighted by atomic mass is 35.5. The molecule has 2 aromatic rings. The van der Waals surface area contributed by atoms with Crippen LogP contribution >= 0.6 is 11.6 Å². The molecule has 0 atom stereocenters. The molecule has 2 aromatic heterocycles. The molecule has 0 aromatic carbocycles. The second-order valence-electron chi connectivity index (χ2n) is 3.77. The van der Waals surface area contributed by atoms with Gasteiger partial charge in [0.05, 0.1) is 11.9 Å². The Labute approximate surface area is 104 Å². The van der Waals surface area contributed by atoms with Crippen molar-refractivity contribution in [3.8, 4) is 0 Å². The molecule has 3 nitrogen and oxygen atoms in total. The predicted octanol–water partition coefficient (Wildman–Crippen LogP) is 3.28. The van der Waals surface area contributed by atoms with Crippen LogP contribution < -0.4 is 0 Å². The minimum atomic E-state index is 0.577. The van der Waals surface area contributed by atoms with Crippen LogP contribution in [0.15, 0.2) is 48.7 Å². The molecule has 0 saturated carbocycles. The summed E-state index contributed by atoms with van der Waals surface area (Å²) >= 11 is 6.16. The third-order valence-electron chi connectivity index (χ3n) is 2.64. The van der Waals surface area contributed by atoms with E-state index in [-0.39, 0.29) is 0 Å². The van der Waals surface area contributed by atoms with Crippen molar-refractivity contribution in [2.45, 2.75) is 6.42 Å². The molecule has 4 heteroatoms. The largest absolute Gasteiger partial charge is 0.229 e. The van der Waals surface area contributed by atoms with Gasteiger partial charge in [0.15, 0.2) is 5.65 Å². The molecule has 3 rings (SSSR count). The second kappa shape index (κ2) is 4.18. The van der Waals surface area contributed by atoms with Gasteiger partial charge in [0, 0.05) is 12.1 Å². The average molecular weight is 244 g/mol. The minimum Gasteiger partial charge on any atom is -0.229 e. The van der Waals surface area contributed by atoms with Gasteiger partial charge < -0.3 is 0 Å². The summed E-state index contributed by atoms with van der Waals surface area (Å²) in [5.41, 5.74) is 2.82. The van der Waals surface area contributed by atoms with E-state index in [2.05, 4.69) is 22.2 Å². The molecule has 84 valence electrons. The molecule has 0 radical (unpaired) electrons. The lowest BCUT2D eigenvalue weighted by atomic mass is 10.1. The van der Waals surface area contributed by atoms with E-state index in [4.69, 9.17) is 11.6 Å². The summed E-state index contributed by atoms with van der Waals surface area (Å²) in [6.45, 7) is 0. The Morgan fingerprint density at radius 1 is 1.24 bits per heavy atom. The first kappa shape index (κ1) is 10.3. The first-order valence-electron chi connectivity index (χ1n) is 5.37. The second-order valence-corrected chi connectivity index (χ2v) is 4.16. The standard InChI is InChI=1S/C13H10ClN3/c14-12-9-11(10-5-3-1-2-4-6-10)16-13-7-8-15-17(12)13/h1-5,7-9H,6H2. The number of aromatic nitrogens is 3. The zero-order chi connectivity index (χ0) is 11.7. The van der Waals surface area contributed by atoms with Gasteiger partial charge in [-0.15, -0.1) is 0 Å². The third kappa shape index (κ3) is 1.89. The van der Waals surface area contributed by atoms with E-state index < -0.39 is 0 Å². The predicted molar refractivity (Wildman–Crippen MR) is 68.9 cm³/mol. The zero-order valence-corrected chi connectivity index (χ0v) is 9.80. The fourth-order valence-electron chi connectivity index (χ4n) is 1.81. The fraction of sp³-hybridized carbons (Fsp3) is 0.0769. The van der Waals surface area contributed by atoms with Crippen LogP contribution in [0.1, 0.15) is 12.1 Å². The van der Waals surface area contributed by atoms with E-state index >= 15 is 0 Å². The highest BCUT2D eigenvalue weighted by molar-refractivity contribution is 6.29. The van der Waals surface area contributed by atoms with Crippen LogP contribution in [-0.4, -0.2) is 14.6 Å². The van der Waals surface area contributed by atoms with E-state index in [0.29, 0.717) is 5.15 Å². The van der Waals surface area contributed by atoms with E-state index in [1.165, 1.54) is 0 Å². The number of fused-ring (bicyclic) bond motifs is 1. The molecule has 0 unspecified atom stereocenters. The van der Waals surface area contributed by atoms with Gasteiger partial charge in [-0.25, -0.2) is 9.50 Å². The third-order valence-corrected chi connectivity index (χ3v) is 2.91. The maximum atomic E-state index is 6.16. The van der Waals surface area contributed by atoms with Crippen molar-refractivity contribution >= 4 is 22.8 Å². The van der Waals surface area contributed by atoms with Crippen molar-refractivity contribution < 1.29 is 0 Å². The van der Waals surface area contributed by atoms with Crippen molar-refractivity contribution in [1.29, 1.82) is 0 Å². The van der Waals surface area contributed by atoms with E-state index in [1.54, 1.807) is 10.7 Å². The fourth-order valence-corrected chi connectivity index (χ4v) is 2.04. The molecular formula is C13H10ClN3. The van der Waals surface area contributed by atoms with Crippen LogP contribution in [0.3, 0.4) is 0 Å². The van der Waals surface area contributed by atoms with Gasteiger partial charge in [-0.2, -0.15) is 5.10 Å². The highest BCUT2D eigenvalue weighted by Gasteiger charge is 2.07. The first-order chi connectivity index (χ1) is 8.34. The molecule has 2 heterocycles. The average Bonchev–Trinajstić information content (AvgIpc) is 2.63. The summed E-state index contributed by atoms with van der Waals surface area (Å²) in [5, 5.41) is 4.67. The van der Waals surface area contributed by atoms with Crippen molar-refractivity contribution in [2.24, 2.45) is 0 Å². The van der Waals surface area contributed by atoms with Crippen LogP contribution in [0.25, 0.3) is 11.2 Å². The number of hydrogen-bond donors (Lipinski definition) is 0. The van der Waals surface area contributed by atoms with Crippen molar-refractivity contribution in [2.75, 3.05) is 0 Å². The van der Waals surface area contributed by atoms with Gasteiger partial charge in [-0.1, -0.05) is 42.0 Å². The Morgan fingerprint density at radius 2 is 2.18 bits per heavy atom. The summed E-state index contributed by atoms with van der Waals surface area (Å²) in [6.07, 6.45) is 12.8. The molecule has 0 bridgehead atoms. The molecule has 0 amide bonds. The van der Waals surface area contributed by atoms with E-state index in [1.807, 2.05) is 30.4 Å². The van der Waals surface area contributed by atoms with Crippen molar-refractivity contribution in [3.05, 3.63) is 59.6 Å². The summed E-state index contributed by atoms with van der Waals surface area (Å²) in [5.74, 6) is 0. The Balaban J connectivity index is 2.14. The number of nitrogens with zero attached hydrogens (tertiary/aromatic N) is 3. The normalized spacial score (nSPS) is 15.0.